The molecule has 0 aliphatic carbocycles. The molecule has 1 rings (SSSR count). The SMILES string of the molecule is CCCCCCOc1ccc(Br)cc1[C@H](C)N. The Morgan fingerprint density at radius 1 is 1.29 bits per heavy atom. The van der Waals surface area contributed by atoms with E-state index in [0.29, 0.717) is 0 Å². The Bertz CT molecular complexity index is 339. The average molecular weight is 300 g/mol. The number of nitrogens with two attached hydrogens (primary N) is 1. The minimum atomic E-state index is -0.00172. The lowest BCUT2D eigenvalue weighted by Crippen LogP contribution is -2.08. The number of unbranched alkanes of at least 4 members (excludes halogenated alkanes) is 3. The number of benzene rings is 1. The molecule has 2 nitrogen and oxygen atoms in total. The third-order valence-corrected chi connectivity index (χ3v) is 3.21. The smallest absolute Gasteiger partial charge is 0.124 e. The van der Waals surface area contributed by atoms with Crippen molar-refractivity contribution >= 4 is 15.9 Å². The van der Waals surface area contributed by atoms with Gasteiger partial charge in [0.25, 0.3) is 0 Å². The molecule has 96 valence electrons. The Labute approximate surface area is 113 Å². The molecule has 1 atom stereocenters. The van der Waals surface area contributed by atoms with E-state index in [2.05, 4.69) is 22.9 Å². The van der Waals surface area contributed by atoms with E-state index in [1.165, 1.54) is 19.3 Å². The van der Waals surface area contributed by atoms with Crippen LogP contribution in [0.5, 0.6) is 5.75 Å². The zero-order valence-corrected chi connectivity index (χ0v) is 12.3. The van der Waals surface area contributed by atoms with Crippen LogP contribution in [0.4, 0.5) is 0 Å². The van der Waals surface area contributed by atoms with E-state index in [4.69, 9.17) is 10.5 Å². The molecule has 0 unspecified atom stereocenters. The van der Waals surface area contributed by atoms with E-state index in [-0.39, 0.29) is 6.04 Å². The van der Waals surface area contributed by atoms with Gasteiger partial charge in [0.1, 0.15) is 5.75 Å². The van der Waals surface area contributed by atoms with Crippen LogP contribution in [0.15, 0.2) is 22.7 Å². The summed E-state index contributed by atoms with van der Waals surface area (Å²) in [5, 5.41) is 0. The fourth-order valence-electron chi connectivity index (χ4n) is 1.72. The molecule has 2 N–H and O–H groups in total. The highest BCUT2D eigenvalue weighted by molar-refractivity contribution is 9.10. The fourth-order valence-corrected chi connectivity index (χ4v) is 2.10. The summed E-state index contributed by atoms with van der Waals surface area (Å²) < 4.78 is 6.84. The summed E-state index contributed by atoms with van der Waals surface area (Å²) in [5.41, 5.74) is 7.00. The van der Waals surface area contributed by atoms with Gasteiger partial charge in [-0.15, -0.1) is 0 Å². The summed E-state index contributed by atoms with van der Waals surface area (Å²) in [4.78, 5) is 0. The number of rotatable bonds is 7. The Kier molecular flexibility index (Phi) is 6.60. The van der Waals surface area contributed by atoms with Crippen molar-refractivity contribution in [2.24, 2.45) is 5.73 Å². The van der Waals surface area contributed by atoms with Crippen molar-refractivity contribution in [3.05, 3.63) is 28.2 Å². The van der Waals surface area contributed by atoms with Crippen molar-refractivity contribution in [3.63, 3.8) is 0 Å². The summed E-state index contributed by atoms with van der Waals surface area (Å²) in [6, 6.07) is 6.01. The molecule has 0 fully saturated rings. The minimum Gasteiger partial charge on any atom is -0.493 e. The van der Waals surface area contributed by atoms with Crippen LogP contribution < -0.4 is 10.5 Å². The Morgan fingerprint density at radius 3 is 2.71 bits per heavy atom. The van der Waals surface area contributed by atoms with Crippen molar-refractivity contribution in [2.45, 2.75) is 45.6 Å². The zero-order chi connectivity index (χ0) is 12.7. The van der Waals surface area contributed by atoms with Gasteiger partial charge >= 0.3 is 0 Å². The molecule has 0 amide bonds. The summed E-state index contributed by atoms with van der Waals surface area (Å²) in [6.07, 6.45) is 4.88. The maximum absolute atomic E-state index is 5.93. The molecule has 17 heavy (non-hydrogen) atoms. The van der Waals surface area contributed by atoms with Gasteiger partial charge in [0.05, 0.1) is 6.61 Å². The first-order valence-corrected chi connectivity index (χ1v) is 7.12. The topological polar surface area (TPSA) is 35.2 Å². The van der Waals surface area contributed by atoms with Crippen molar-refractivity contribution in [1.29, 1.82) is 0 Å². The summed E-state index contributed by atoms with van der Waals surface area (Å²) in [5.74, 6) is 0.916. The van der Waals surface area contributed by atoms with Crippen LogP contribution in [-0.2, 0) is 0 Å². The lowest BCUT2D eigenvalue weighted by Gasteiger charge is -2.14. The van der Waals surface area contributed by atoms with Crippen LogP contribution in [0.3, 0.4) is 0 Å². The monoisotopic (exact) mass is 299 g/mol. The third-order valence-electron chi connectivity index (χ3n) is 2.72. The molecular weight excluding hydrogens is 278 g/mol. The Hall–Kier alpha value is -0.540. The van der Waals surface area contributed by atoms with Gasteiger partial charge in [-0.25, -0.2) is 0 Å². The van der Waals surface area contributed by atoms with Gasteiger partial charge in [-0.3, -0.25) is 0 Å². The second kappa shape index (κ2) is 7.72. The highest BCUT2D eigenvalue weighted by Crippen LogP contribution is 2.27. The highest BCUT2D eigenvalue weighted by atomic mass is 79.9. The molecule has 0 aliphatic heterocycles. The normalized spacial score (nSPS) is 12.5. The number of halogens is 1. The quantitative estimate of drug-likeness (QED) is 0.756. The van der Waals surface area contributed by atoms with Crippen LogP contribution in [-0.4, -0.2) is 6.61 Å². The molecule has 1 aromatic carbocycles. The van der Waals surface area contributed by atoms with Crippen LogP contribution in [0.25, 0.3) is 0 Å². The van der Waals surface area contributed by atoms with E-state index in [0.717, 1.165) is 28.8 Å². The second-order valence-electron chi connectivity index (χ2n) is 4.38. The predicted molar refractivity (Wildman–Crippen MR) is 76.4 cm³/mol. The van der Waals surface area contributed by atoms with Crippen LogP contribution in [0, 0.1) is 0 Å². The fraction of sp³-hybridized carbons (Fsp3) is 0.571. The molecular formula is C14H22BrNO. The lowest BCUT2D eigenvalue weighted by atomic mass is 10.1. The van der Waals surface area contributed by atoms with Crippen molar-refractivity contribution < 1.29 is 4.74 Å². The highest BCUT2D eigenvalue weighted by Gasteiger charge is 2.08. The van der Waals surface area contributed by atoms with Gasteiger partial charge in [0.15, 0.2) is 0 Å². The molecule has 0 heterocycles. The molecule has 0 aliphatic rings. The number of hydrogen-bond acceptors (Lipinski definition) is 2. The van der Waals surface area contributed by atoms with Gasteiger partial charge in [-0.2, -0.15) is 0 Å². The van der Waals surface area contributed by atoms with Crippen LogP contribution in [0.2, 0.25) is 0 Å². The first-order chi connectivity index (χ1) is 8.15. The predicted octanol–water partition coefficient (Wildman–Crippen LogP) is 4.43. The van der Waals surface area contributed by atoms with Crippen molar-refractivity contribution in [1.82, 2.24) is 0 Å². The minimum absolute atomic E-state index is 0.00172. The molecule has 0 aromatic heterocycles. The second-order valence-corrected chi connectivity index (χ2v) is 5.30. The Balaban J connectivity index is 2.52. The van der Waals surface area contributed by atoms with Gasteiger partial charge < -0.3 is 10.5 Å². The first kappa shape index (κ1) is 14.5. The van der Waals surface area contributed by atoms with E-state index in [1.807, 2.05) is 25.1 Å². The maximum atomic E-state index is 5.93. The van der Waals surface area contributed by atoms with E-state index in [9.17, 15) is 0 Å². The van der Waals surface area contributed by atoms with E-state index < -0.39 is 0 Å². The third kappa shape index (κ3) is 5.09. The lowest BCUT2D eigenvalue weighted by molar-refractivity contribution is 0.300. The molecule has 0 spiro atoms. The maximum Gasteiger partial charge on any atom is 0.124 e. The van der Waals surface area contributed by atoms with Crippen molar-refractivity contribution in [3.8, 4) is 5.75 Å². The van der Waals surface area contributed by atoms with Gasteiger partial charge in [-0.1, -0.05) is 42.1 Å². The average Bonchev–Trinajstić information content (AvgIpc) is 2.30. The zero-order valence-electron chi connectivity index (χ0n) is 10.7. The van der Waals surface area contributed by atoms with E-state index >= 15 is 0 Å². The number of hydrogen-bond donors (Lipinski definition) is 1. The van der Waals surface area contributed by atoms with Gasteiger partial charge in [0, 0.05) is 16.1 Å². The molecule has 3 heteroatoms. The Morgan fingerprint density at radius 2 is 2.06 bits per heavy atom. The van der Waals surface area contributed by atoms with Gasteiger partial charge in [0.2, 0.25) is 0 Å². The van der Waals surface area contributed by atoms with Crippen LogP contribution >= 0.6 is 15.9 Å². The van der Waals surface area contributed by atoms with E-state index in [1.54, 1.807) is 0 Å². The summed E-state index contributed by atoms with van der Waals surface area (Å²) in [6.45, 7) is 4.97. The summed E-state index contributed by atoms with van der Waals surface area (Å²) in [7, 11) is 0. The van der Waals surface area contributed by atoms with Crippen molar-refractivity contribution in [2.75, 3.05) is 6.61 Å². The van der Waals surface area contributed by atoms with Crippen LogP contribution in [0.1, 0.15) is 51.1 Å². The molecule has 0 radical (unpaired) electrons. The molecule has 0 bridgehead atoms. The standard InChI is InChI=1S/C14H22BrNO/c1-3-4-5-6-9-17-14-8-7-12(15)10-13(14)11(2)16/h7-8,10-11H,3-6,9,16H2,1-2H3/t11-/m0/s1. The molecule has 0 saturated carbocycles. The number of ether oxygens (including phenoxy) is 1. The molecule has 1 aromatic rings. The summed E-state index contributed by atoms with van der Waals surface area (Å²) >= 11 is 3.46. The van der Waals surface area contributed by atoms with Gasteiger partial charge in [-0.05, 0) is 31.5 Å². The largest absolute Gasteiger partial charge is 0.493 e. The first-order valence-electron chi connectivity index (χ1n) is 6.33. The molecule has 0 saturated heterocycles.